The molecule has 1 atom stereocenters. The van der Waals surface area contributed by atoms with Crippen molar-refractivity contribution in [2.24, 2.45) is 5.73 Å². The topological polar surface area (TPSA) is 26.0 Å². The molecule has 2 aromatic carbocycles. The molecule has 0 radical (unpaired) electrons. The average molecular weight is 257 g/mol. The molecule has 1 nitrogen and oxygen atoms in total. The number of halogens is 1. The first-order chi connectivity index (χ1) is 9.04. The van der Waals surface area contributed by atoms with Gasteiger partial charge < -0.3 is 5.73 Å². The first kappa shape index (κ1) is 13.8. The summed E-state index contributed by atoms with van der Waals surface area (Å²) in [4.78, 5) is 0. The fraction of sp³-hybridized carbons (Fsp3) is 0.294. The Balaban J connectivity index is 2.53. The average Bonchev–Trinajstić information content (AvgIpc) is 2.37. The lowest BCUT2D eigenvalue weighted by atomic mass is 9.90. The van der Waals surface area contributed by atoms with Crippen LogP contribution in [0.15, 0.2) is 36.4 Å². The van der Waals surface area contributed by atoms with Crippen molar-refractivity contribution < 1.29 is 4.39 Å². The van der Waals surface area contributed by atoms with Crippen molar-refractivity contribution in [2.75, 3.05) is 0 Å². The van der Waals surface area contributed by atoms with Gasteiger partial charge in [-0.2, -0.15) is 0 Å². The molecular weight excluding hydrogens is 237 g/mol. The van der Waals surface area contributed by atoms with Crippen LogP contribution in [-0.4, -0.2) is 0 Å². The van der Waals surface area contributed by atoms with Crippen molar-refractivity contribution in [3.8, 4) is 0 Å². The van der Waals surface area contributed by atoms with Gasteiger partial charge in [0.25, 0.3) is 0 Å². The molecule has 0 saturated heterocycles. The number of hydrogen-bond acceptors (Lipinski definition) is 1. The minimum absolute atomic E-state index is 0.212. The van der Waals surface area contributed by atoms with E-state index in [4.69, 9.17) is 5.73 Å². The maximum absolute atomic E-state index is 14.2. The molecule has 2 N–H and O–H groups in total. The van der Waals surface area contributed by atoms with Crippen LogP contribution in [0.4, 0.5) is 4.39 Å². The summed E-state index contributed by atoms with van der Waals surface area (Å²) >= 11 is 0. The van der Waals surface area contributed by atoms with E-state index in [2.05, 4.69) is 13.0 Å². The highest BCUT2D eigenvalue weighted by Gasteiger charge is 2.18. The van der Waals surface area contributed by atoms with Crippen molar-refractivity contribution in [2.45, 2.75) is 33.2 Å². The molecule has 0 amide bonds. The van der Waals surface area contributed by atoms with E-state index in [-0.39, 0.29) is 5.82 Å². The molecular formula is C17H20FN. The third-order valence-corrected chi connectivity index (χ3v) is 3.56. The Morgan fingerprint density at radius 1 is 1.16 bits per heavy atom. The Labute approximate surface area is 114 Å². The second kappa shape index (κ2) is 5.54. The van der Waals surface area contributed by atoms with Gasteiger partial charge in [-0.1, -0.05) is 37.3 Å². The molecule has 0 fully saturated rings. The van der Waals surface area contributed by atoms with Crippen LogP contribution in [0.25, 0.3) is 0 Å². The maximum atomic E-state index is 14.2. The van der Waals surface area contributed by atoms with Crippen LogP contribution in [0, 0.1) is 19.7 Å². The zero-order valence-electron chi connectivity index (χ0n) is 11.7. The summed E-state index contributed by atoms with van der Waals surface area (Å²) in [5.74, 6) is -0.212. The van der Waals surface area contributed by atoms with Crippen molar-refractivity contribution in [3.05, 3.63) is 70.0 Å². The smallest absolute Gasteiger partial charge is 0.128 e. The first-order valence-electron chi connectivity index (χ1n) is 6.64. The summed E-state index contributed by atoms with van der Waals surface area (Å²) in [5, 5.41) is 0. The fourth-order valence-corrected chi connectivity index (χ4v) is 2.64. The summed E-state index contributed by atoms with van der Waals surface area (Å²) in [6.45, 7) is 5.90. The van der Waals surface area contributed by atoms with Gasteiger partial charge in [-0.25, -0.2) is 4.39 Å². The second-order valence-corrected chi connectivity index (χ2v) is 5.01. The van der Waals surface area contributed by atoms with Crippen molar-refractivity contribution in [3.63, 3.8) is 0 Å². The molecule has 19 heavy (non-hydrogen) atoms. The molecule has 100 valence electrons. The predicted molar refractivity (Wildman–Crippen MR) is 77.7 cm³/mol. The van der Waals surface area contributed by atoms with E-state index >= 15 is 0 Å². The van der Waals surface area contributed by atoms with Crippen LogP contribution in [0.3, 0.4) is 0 Å². The molecule has 0 spiro atoms. The highest BCUT2D eigenvalue weighted by Crippen LogP contribution is 2.28. The summed E-state index contributed by atoms with van der Waals surface area (Å²) < 4.78 is 14.2. The molecule has 2 heteroatoms. The van der Waals surface area contributed by atoms with E-state index in [0.29, 0.717) is 5.56 Å². The van der Waals surface area contributed by atoms with Gasteiger partial charge >= 0.3 is 0 Å². The van der Waals surface area contributed by atoms with Crippen LogP contribution in [0.2, 0.25) is 0 Å². The molecule has 0 aliphatic carbocycles. The highest BCUT2D eigenvalue weighted by atomic mass is 19.1. The third-order valence-electron chi connectivity index (χ3n) is 3.56. The van der Waals surface area contributed by atoms with Crippen LogP contribution in [-0.2, 0) is 6.42 Å². The van der Waals surface area contributed by atoms with Gasteiger partial charge in [-0.05, 0) is 48.6 Å². The van der Waals surface area contributed by atoms with Gasteiger partial charge in [-0.3, -0.25) is 0 Å². The summed E-state index contributed by atoms with van der Waals surface area (Å²) in [5.41, 5.74) is 10.9. The van der Waals surface area contributed by atoms with E-state index < -0.39 is 6.04 Å². The van der Waals surface area contributed by atoms with E-state index in [9.17, 15) is 4.39 Å². The standard InChI is InChI=1S/C17H20FN/c1-4-13-7-5-6-8-14(13)17(19)16-12(3)9-11(2)10-15(16)18/h5-10,17H,4,19H2,1-3H3. The SMILES string of the molecule is CCc1ccccc1C(N)c1c(C)cc(C)cc1F. The predicted octanol–water partition coefficient (Wildman–Crippen LogP) is 4.05. The van der Waals surface area contributed by atoms with Crippen molar-refractivity contribution in [1.29, 1.82) is 0 Å². The number of rotatable bonds is 3. The zero-order chi connectivity index (χ0) is 14.0. The van der Waals surface area contributed by atoms with Gasteiger partial charge in [0, 0.05) is 5.56 Å². The molecule has 0 heterocycles. The Morgan fingerprint density at radius 2 is 1.84 bits per heavy atom. The quantitative estimate of drug-likeness (QED) is 0.882. The number of nitrogens with two attached hydrogens (primary N) is 1. The number of hydrogen-bond donors (Lipinski definition) is 1. The van der Waals surface area contributed by atoms with Crippen molar-refractivity contribution >= 4 is 0 Å². The van der Waals surface area contributed by atoms with Gasteiger partial charge in [0.15, 0.2) is 0 Å². The van der Waals surface area contributed by atoms with Gasteiger partial charge in [-0.15, -0.1) is 0 Å². The third kappa shape index (κ3) is 2.69. The van der Waals surface area contributed by atoms with E-state index in [0.717, 1.165) is 23.1 Å². The van der Waals surface area contributed by atoms with E-state index in [1.807, 2.05) is 38.1 Å². The molecule has 0 saturated carbocycles. The van der Waals surface area contributed by atoms with Crippen LogP contribution >= 0.6 is 0 Å². The monoisotopic (exact) mass is 257 g/mol. The van der Waals surface area contributed by atoms with Crippen LogP contribution in [0.1, 0.15) is 40.8 Å². The van der Waals surface area contributed by atoms with E-state index in [1.54, 1.807) is 6.07 Å². The van der Waals surface area contributed by atoms with Gasteiger partial charge in [0.1, 0.15) is 5.82 Å². The Bertz CT molecular complexity index is 567. The largest absolute Gasteiger partial charge is 0.320 e. The molecule has 0 aromatic heterocycles. The summed E-state index contributed by atoms with van der Waals surface area (Å²) in [7, 11) is 0. The molecule has 1 unspecified atom stereocenters. The minimum Gasteiger partial charge on any atom is -0.320 e. The van der Waals surface area contributed by atoms with Crippen LogP contribution in [0.5, 0.6) is 0 Å². The molecule has 0 bridgehead atoms. The lowest BCUT2D eigenvalue weighted by Gasteiger charge is -2.19. The minimum atomic E-state index is -0.406. The van der Waals surface area contributed by atoms with Crippen molar-refractivity contribution in [1.82, 2.24) is 0 Å². The Hall–Kier alpha value is -1.67. The fourth-order valence-electron chi connectivity index (χ4n) is 2.64. The number of benzene rings is 2. The van der Waals surface area contributed by atoms with Gasteiger partial charge in [0.2, 0.25) is 0 Å². The molecule has 0 aliphatic heterocycles. The molecule has 0 aliphatic rings. The Morgan fingerprint density at radius 3 is 2.47 bits per heavy atom. The molecule has 2 aromatic rings. The maximum Gasteiger partial charge on any atom is 0.128 e. The van der Waals surface area contributed by atoms with Crippen LogP contribution < -0.4 is 5.73 Å². The lowest BCUT2D eigenvalue weighted by Crippen LogP contribution is -2.17. The van der Waals surface area contributed by atoms with Gasteiger partial charge in [0.05, 0.1) is 6.04 Å². The van der Waals surface area contributed by atoms with E-state index in [1.165, 1.54) is 5.56 Å². The zero-order valence-corrected chi connectivity index (χ0v) is 11.7. The number of aryl methyl sites for hydroxylation is 3. The lowest BCUT2D eigenvalue weighted by molar-refractivity contribution is 0.595. The highest BCUT2D eigenvalue weighted by molar-refractivity contribution is 5.42. The normalized spacial score (nSPS) is 12.5. The molecule has 2 rings (SSSR count). The Kier molecular flexibility index (Phi) is 4.01. The first-order valence-corrected chi connectivity index (χ1v) is 6.64. The second-order valence-electron chi connectivity index (χ2n) is 5.01. The summed E-state index contributed by atoms with van der Waals surface area (Å²) in [6, 6.07) is 11.1. The summed E-state index contributed by atoms with van der Waals surface area (Å²) in [6.07, 6.45) is 0.899.